The highest BCUT2D eigenvalue weighted by molar-refractivity contribution is 6.19. The van der Waals surface area contributed by atoms with Crippen molar-refractivity contribution in [1.82, 2.24) is 9.55 Å². The second kappa shape index (κ2) is 4.59. The summed E-state index contributed by atoms with van der Waals surface area (Å²) >= 11 is 5.34. The number of H-pyrrole nitrogens is 1. The molecule has 0 amide bonds. The van der Waals surface area contributed by atoms with Gasteiger partial charge in [-0.05, 0) is 0 Å². The van der Waals surface area contributed by atoms with Gasteiger partial charge < -0.3 is 9.84 Å². The number of rotatable bonds is 2. The molecule has 8 heteroatoms. The Balaban J connectivity index is 2.26. The van der Waals surface area contributed by atoms with Crippen LogP contribution in [-0.4, -0.2) is 32.5 Å². The number of aromatic amines is 1. The molecule has 1 aromatic heterocycles. The highest BCUT2D eigenvalue weighted by Crippen LogP contribution is 2.32. The number of alkyl halides is 2. The second-order valence-corrected chi connectivity index (χ2v) is 4.14. The number of hydrogen-bond donors (Lipinski definition) is 2. The van der Waals surface area contributed by atoms with Crippen molar-refractivity contribution >= 4 is 11.6 Å². The molecule has 4 atom stereocenters. The summed E-state index contributed by atoms with van der Waals surface area (Å²) in [5.41, 5.74) is -2.72. The summed E-state index contributed by atoms with van der Waals surface area (Å²) < 4.78 is 19.6. The van der Waals surface area contributed by atoms with E-state index in [1.54, 1.807) is 0 Å². The summed E-state index contributed by atoms with van der Waals surface area (Å²) in [5, 5.41) is 9.06. The average molecular weight is 265 g/mol. The van der Waals surface area contributed by atoms with Crippen molar-refractivity contribution in [3.8, 4) is 0 Å². The summed E-state index contributed by atoms with van der Waals surface area (Å²) in [6, 6.07) is 1.13. The first kappa shape index (κ1) is 12.3. The molecule has 1 saturated heterocycles. The van der Waals surface area contributed by atoms with Gasteiger partial charge in [0.05, 0.1) is 0 Å². The Labute approximate surface area is 99.6 Å². The minimum Gasteiger partial charge on any atom is -0.375 e. The molecule has 17 heavy (non-hydrogen) atoms. The SMILES string of the molecule is O=c1ccn([C@H]2C[C@H](F)[C@@H]([C@@H](O)Cl)O2)c(=O)[nH]1. The lowest BCUT2D eigenvalue weighted by molar-refractivity contribution is -0.0481. The molecular formula is C9H10ClFN2O4. The van der Waals surface area contributed by atoms with Gasteiger partial charge in [-0.25, -0.2) is 9.18 Å². The van der Waals surface area contributed by atoms with E-state index < -0.39 is 35.3 Å². The fraction of sp³-hybridized carbons (Fsp3) is 0.556. The van der Waals surface area contributed by atoms with Gasteiger partial charge in [0.25, 0.3) is 5.56 Å². The largest absolute Gasteiger partial charge is 0.375 e. The number of aromatic nitrogens is 2. The highest BCUT2D eigenvalue weighted by atomic mass is 35.5. The zero-order chi connectivity index (χ0) is 12.6. The van der Waals surface area contributed by atoms with Gasteiger partial charge in [-0.3, -0.25) is 14.3 Å². The Kier molecular flexibility index (Phi) is 3.32. The smallest absolute Gasteiger partial charge is 0.330 e. The topological polar surface area (TPSA) is 84.3 Å². The Morgan fingerprint density at radius 2 is 2.35 bits per heavy atom. The molecule has 94 valence electrons. The van der Waals surface area contributed by atoms with Crippen LogP contribution in [0.5, 0.6) is 0 Å². The number of aliphatic hydroxyl groups is 1. The first-order valence-corrected chi connectivity index (χ1v) is 5.36. The summed E-state index contributed by atoms with van der Waals surface area (Å²) in [7, 11) is 0. The van der Waals surface area contributed by atoms with Gasteiger partial charge in [0, 0.05) is 18.7 Å². The minimum atomic E-state index is -1.48. The van der Waals surface area contributed by atoms with Crippen molar-refractivity contribution in [2.75, 3.05) is 0 Å². The Bertz CT molecular complexity index is 514. The fourth-order valence-electron chi connectivity index (χ4n) is 1.72. The van der Waals surface area contributed by atoms with Gasteiger partial charge in [-0.1, -0.05) is 11.6 Å². The standard InChI is InChI=1S/C9H10ClFN2O4/c10-8(15)7-4(11)3-6(17-7)13-2-1-5(14)12-9(13)16/h1-2,4,6-8,15H,3H2,(H,12,14,16)/t4-,6+,7-,8+/m0/s1. The number of aliphatic hydroxyl groups excluding tert-OH is 1. The fourth-order valence-corrected chi connectivity index (χ4v) is 1.94. The summed E-state index contributed by atoms with van der Waals surface area (Å²) in [5.74, 6) is 0. The number of ether oxygens (including phenoxy) is 1. The van der Waals surface area contributed by atoms with Gasteiger partial charge in [0.1, 0.15) is 18.5 Å². The highest BCUT2D eigenvalue weighted by Gasteiger charge is 2.40. The number of nitrogens with zero attached hydrogens (tertiary/aromatic N) is 1. The summed E-state index contributed by atoms with van der Waals surface area (Å²) in [4.78, 5) is 24.3. The molecule has 1 aliphatic heterocycles. The van der Waals surface area contributed by atoms with Crippen molar-refractivity contribution in [3.63, 3.8) is 0 Å². The minimum absolute atomic E-state index is 0.111. The van der Waals surface area contributed by atoms with E-state index in [1.165, 1.54) is 6.20 Å². The molecule has 0 aliphatic carbocycles. The first-order chi connectivity index (χ1) is 7.99. The maximum atomic E-state index is 13.4. The molecular weight excluding hydrogens is 255 g/mol. The van der Waals surface area contributed by atoms with Crippen LogP contribution >= 0.6 is 11.6 Å². The lowest BCUT2D eigenvalue weighted by Crippen LogP contribution is -2.32. The molecule has 6 nitrogen and oxygen atoms in total. The molecule has 0 spiro atoms. The Morgan fingerprint density at radius 3 is 2.88 bits per heavy atom. The third-order valence-electron chi connectivity index (χ3n) is 2.53. The molecule has 0 saturated carbocycles. The quantitative estimate of drug-likeness (QED) is 0.720. The van der Waals surface area contributed by atoms with E-state index in [0.717, 1.165) is 10.6 Å². The van der Waals surface area contributed by atoms with Crippen LogP contribution in [0, 0.1) is 0 Å². The predicted octanol–water partition coefficient (Wildman–Crippen LogP) is -0.281. The van der Waals surface area contributed by atoms with Crippen molar-refractivity contribution in [2.45, 2.75) is 30.5 Å². The van der Waals surface area contributed by atoms with Crippen LogP contribution in [0.4, 0.5) is 4.39 Å². The van der Waals surface area contributed by atoms with E-state index in [1.807, 2.05) is 4.98 Å². The predicted molar refractivity (Wildman–Crippen MR) is 56.6 cm³/mol. The molecule has 0 radical (unpaired) electrons. The van der Waals surface area contributed by atoms with Crippen molar-refractivity contribution < 1.29 is 14.2 Å². The van der Waals surface area contributed by atoms with E-state index in [-0.39, 0.29) is 6.42 Å². The number of nitrogens with one attached hydrogen (secondary N) is 1. The maximum Gasteiger partial charge on any atom is 0.330 e. The van der Waals surface area contributed by atoms with Gasteiger partial charge in [0.2, 0.25) is 0 Å². The van der Waals surface area contributed by atoms with Crippen LogP contribution in [0.25, 0.3) is 0 Å². The van der Waals surface area contributed by atoms with Gasteiger partial charge in [0.15, 0.2) is 5.56 Å². The van der Waals surface area contributed by atoms with Gasteiger partial charge in [-0.15, -0.1) is 0 Å². The van der Waals surface area contributed by atoms with E-state index in [4.69, 9.17) is 21.4 Å². The van der Waals surface area contributed by atoms with Gasteiger partial charge >= 0.3 is 5.69 Å². The lowest BCUT2D eigenvalue weighted by atomic mass is 10.2. The van der Waals surface area contributed by atoms with Gasteiger partial charge in [-0.2, -0.15) is 0 Å². The third kappa shape index (κ3) is 2.41. The number of hydrogen-bond acceptors (Lipinski definition) is 4. The van der Waals surface area contributed by atoms with E-state index >= 15 is 0 Å². The van der Waals surface area contributed by atoms with E-state index in [2.05, 4.69) is 0 Å². The molecule has 1 aliphatic rings. The zero-order valence-corrected chi connectivity index (χ0v) is 9.30. The van der Waals surface area contributed by atoms with Crippen LogP contribution < -0.4 is 11.2 Å². The van der Waals surface area contributed by atoms with Crippen molar-refractivity contribution in [2.24, 2.45) is 0 Å². The average Bonchev–Trinajstić information content (AvgIpc) is 2.60. The third-order valence-corrected chi connectivity index (χ3v) is 2.78. The summed E-state index contributed by atoms with van der Waals surface area (Å²) in [6.45, 7) is 0. The molecule has 0 bridgehead atoms. The molecule has 2 rings (SSSR count). The monoisotopic (exact) mass is 264 g/mol. The molecule has 2 N–H and O–H groups in total. The molecule has 0 unspecified atom stereocenters. The van der Waals surface area contributed by atoms with Crippen LogP contribution in [0.15, 0.2) is 21.9 Å². The molecule has 2 heterocycles. The number of halogens is 2. The normalized spacial score (nSPS) is 30.4. The maximum absolute atomic E-state index is 13.4. The van der Waals surface area contributed by atoms with E-state index in [0.29, 0.717) is 0 Å². The van der Waals surface area contributed by atoms with E-state index in [9.17, 15) is 14.0 Å². The van der Waals surface area contributed by atoms with Crippen LogP contribution in [-0.2, 0) is 4.74 Å². The first-order valence-electron chi connectivity index (χ1n) is 4.92. The van der Waals surface area contributed by atoms with Crippen molar-refractivity contribution in [3.05, 3.63) is 33.1 Å². The Hall–Kier alpha value is -1.18. The second-order valence-electron chi connectivity index (χ2n) is 3.70. The zero-order valence-electron chi connectivity index (χ0n) is 8.55. The van der Waals surface area contributed by atoms with Crippen molar-refractivity contribution in [1.29, 1.82) is 0 Å². The molecule has 1 fully saturated rings. The lowest BCUT2D eigenvalue weighted by Gasteiger charge is -2.16. The van der Waals surface area contributed by atoms with Crippen LogP contribution in [0.1, 0.15) is 12.6 Å². The molecule has 1 aromatic rings. The molecule has 0 aromatic carbocycles. The Morgan fingerprint density at radius 1 is 1.65 bits per heavy atom. The van der Waals surface area contributed by atoms with Crippen LogP contribution in [0.3, 0.4) is 0 Å². The van der Waals surface area contributed by atoms with Crippen LogP contribution in [0.2, 0.25) is 0 Å². The summed E-state index contributed by atoms with van der Waals surface area (Å²) in [6.07, 6.45) is -2.43.